The molecule has 2 amide bonds. The van der Waals surface area contributed by atoms with Crippen molar-refractivity contribution in [2.24, 2.45) is 0 Å². The van der Waals surface area contributed by atoms with Crippen molar-refractivity contribution in [3.05, 3.63) is 86.5 Å². The fraction of sp³-hybridized carbons (Fsp3) is 0.490. The number of amides is 2. The zero-order valence-electron chi connectivity index (χ0n) is 41.6. The molecule has 72 heavy (non-hydrogen) atoms. The zero-order valence-corrected chi connectivity index (χ0v) is 41.6. The van der Waals surface area contributed by atoms with Crippen molar-refractivity contribution in [2.45, 2.75) is 96.5 Å². The van der Waals surface area contributed by atoms with E-state index >= 15 is 0 Å². The van der Waals surface area contributed by atoms with Gasteiger partial charge in [0, 0.05) is 86.3 Å². The van der Waals surface area contributed by atoms with Gasteiger partial charge in [-0.05, 0) is 63.7 Å². The molecule has 4 aliphatic rings. The van der Waals surface area contributed by atoms with Crippen molar-refractivity contribution in [1.29, 1.82) is 0 Å². The molecular weight excluding hydrogens is 913 g/mol. The summed E-state index contributed by atoms with van der Waals surface area (Å²) < 4.78 is 11.7. The summed E-state index contributed by atoms with van der Waals surface area (Å²) >= 11 is 0. The second kappa shape index (κ2) is 20.2. The molecule has 0 spiro atoms. The smallest absolute Gasteiger partial charge is 0.236 e. The van der Waals surface area contributed by atoms with Crippen LogP contribution >= 0.6 is 0 Å². The third kappa shape index (κ3) is 9.43. The fourth-order valence-electron chi connectivity index (χ4n) is 10.4. The SMILES string of the molecule is CCC(CC)n1cc(-c2nc(-c3cnn(C4CN(C(=O)CN5CC(O)C5)C4)c3)cn3nccc23)cn1.CCC(CC)n1cc(-c2nc(-c3cnn(C4CN(C(=O)CN5CCCC5)C4)c3)cn3nccc23)cn1. The van der Waals surface area contributed by atoms with Gasteiger partial charge in [-0.15, -0.1) is 0 Å². The van der Waals surface area contributed by atoms with Gasteiger partial charge in [0.1, 0.15) is 0 Å². The molecule has 0 radical (unpaired) electrons. The molecule has 0 unspecified atom stereocenters. The van der Waals surface area contributed by atoms with Crippen molar-refractivity contribution in [2.75, 3.05) is 65.4 Å². The van der Waals surface area contributed by atoms with Crippen LogP contribution in [0.15, 0.2) is 86.5 Å². The van der Waals surface area contributed by atoms with Crippen molar-refractivity contribution in [3.63, 3.8) is 0 Å². The van der Waals surface area contributed by atoms with Gasteiger partial charge in [-0.25, -0.2) is 19.0 Å². The third-order valence-electron chi connectivity index (χ3n) is 15.0. The molecule has 4 aliphatic heterocycles. The lowest BCUT2D eigenvalue weighted by atomic mass is 10.1. The van der Waals surface area contributed by atoms with Gasteiger partial charge in [0.05, 0.1) is 127 Å². The molecule has 21 heteroatoms. The van der Waals surface area contributed by atoms with E-state index in [1.165, 1.54) is 12.8 Å². The normalized spacial score (nSPS) is 17.0. The van der Waals surface area contributed by atoms with E-state index in [1.807, 2.05) is 104 Å². The Labute approximate surface area is 417 Å². The summed E-state index contributed by atoms with van der Waals surface area (Å²) in [6.07, 6.45) is 29.3. The highest BCUT2D eigenvalue weighted by Gasteiger charge is 2.36. The number of hydrogen-bond donors (Lipinski definition) is 1. The van der Waals surface area contributed by atoms with E-state index in [1.54, 1.807) is 12.4 Å². The van der Waals surface area contributed by atoms with Crippen LogP contribution in [0.5, 0.6) is 0 Å². The minimum absolute atomic E-state index is 0.106. The summed E-state index contributed by atoms with van der Waals surface area (Å²) in [5, 5.41) is 36.8. The summed E-state index contributed by atoms with van der Waals surface area (Å²) in [5.74, 6) is 0.333. The predicted octanol–water partition coefficient (Wildman–Crippen LogP) is 5.17. The van der Waals surface area contributed by atoms with Crippen LogP contribution in [0.3, 0.4) is 0 Å². The molecule has 4 fully saturated rings. The molecule has 4 saturated heterocycles. The van der Waals surface area contributed by atoms with Gasteiger partial charge in [-0.3, -0.25) is 38.1 Å². The third-order valence-corrected chi connectivity index (χ3v) is 15.0. The maximum atomic E-state index is 12.6. The van der Waals surface area contributed by atoms with Crippen LogP contribution in [0.1, 0.15) is 90.4 Å². The van der Waals surface area contributed by atoms with Crippen molar-refractivity contribution in [1.82, 2.24) is 87.9 Å². The first-order valence-electron chi connectivity index (χ1n) is 25.7. The number of nitrogens with zero attached hydrogens (tertiary/aromatic N) is 18. The van der Waals surface area contributed by atoms with Crippen LogP contribution in [0, 0.1) is 0 Å². The number of aliphatic hydroxyl groups excluding tert-OH is 1. The lowest BCUT2D eigenvalue weighted by molar-refractivity contribution is -0.141. The quantitative estimate of drug-likeness (QED) is 0.133. The first-order valence-corrected chi connectivity index (χ1v) is 25.7. The van der Waals surface area contributed by atoms with Gasteiger partial charge in [0.2, 0.25) is 11.8 Å². The first kappa shape index (κ1) is 47.2. The van der Waals surface area contributed by atoms with E-state index in [0.29, 0.717) is 64.4 Å². The Hall–Kier alpha value is -7.10. The molecule has 1 N–H and O–H groups in total. The van der Waals surface area contributed by atoms with Crippen LogP contribution in [-0.4, -0.2) is 176 Å². The lowest BCUT2D eigenvalue weighted by Gasteiger charge is -2.42. The molecule has 21 nitrogen and oxygen atoms in total. The Morgan fingerprint density at radius 2 is 0.972 bits per heavy atom. The first-order chi connectivity index (χ1) is 35.1. The molecule has 0 aliphatic carbocycles. The average Bonchev–Trinajstić information content (AvgIpc) is 4.20. The van der Waals surface area contributed by atoms with E-state index in [-0.39, 0.29) is 30.0 Å². The highest BCUT2D eigenvalue weighted by molar-refractivity contribution is 5.81. The van der Waals surface area contributed by atoms with Gasteiger partial charge in [0.15, 0.2) is 0 Å². The molecular formula is C51H64N18O3. The summed E-state index contributed by atoms with van der Waals surface area (Å²) in [4.78, 5) is 43.0. The van der Waals surface area contributed by atoms with Crippen LogP contribution in [-0.2, 0) is 9.59 Å². The summed E-state index contributed by atoms with van der Waals surface area (Å²) in [6.45, 7) is 15.6. The van der Waals surface area contributed by atoms with Crippen LogP contribution < -0.4 is 0 Å². The monoisotopic (exact) mass is 977 g/mol. The molecule has 12 heterocycles. The van der Waals surface area contributed by atoms with E-state index in [4.69, 9.17) is 9.97 Å². The Bertz CT molecular complexity index is 3150. The van der Waals surface area contributed by atoms with E-state index in [2.05, 4.69) is 75.6 Å². The Morgan fingerprint density at radius 3 is 1.40 bits per heavy atom. The van der Waals surface area contributed by atoms with Gasteiger partial charge in [-0.2, -0.15) is 30.6 Å². The minimum atomic E-state index is -0.291. The van der Waals surface area contributed by atoms with E-state index < -0.39 is 0 Å². The standard InChI is InChI=1S/C26H33N9O.C25H31N9O2/c1-3-21(4-2)33-14-20(12-29-33)26-24-7-8-27-35(24)17-23(30-26)19-11-28-34(13-19)22-15-32(16-22)25(36)18-31-9-5-6-10-31;1-3-19(4-2)32-10-18(8-28-32)25-23-5-6-26-34(23)15-22(29-25)17-7-27-33(9-17)20-11-31(12-20)24(36)16-30-13-21(35)14-30/h7-8,11-14,17,21-22H,3-6,9-10,15-16,18H2,1-2H3;5-10,15,19-21,35H,3-4,11-14,16H2,1-2H3. The number of aromatic nitrogens is 14. The Kier molecular flexibility index (Phi) is 13.2. The van der Waals surface area contributed by atoms with Crippen molar-refractivity contribution < 1.29 is 14.7 Å². The minimum Gasteiger partial charge on any atom is -0.390 e. The topological polar surface area (TPSA) is 199 Å². The van der Waals surface area contributed by atoms with Crippen LogP contribution in [0.4, 0.5) is 0 Å². The van der Waals surface area contributed by atoms with Crippen LogP contribution in [0.25, 0.3) is 56.1 Å². The molecule has 8 aromatic heterocycles. The number of β-amino-alcohol motifs (C(OH)–C–C–N with tert-alkyl or cyclic N) is 1. The van der Waals surface area contributed by atoms with Crippen molar-refractivity contribution in [3.8, 4) is 45.0 Å². The number of carbonyl (C=O) groups is 2. The Balaban J connectivity index is 0.000000156. The number of rotatable bonds is 16. The van der Waals surface area contributed by atoms with Gasteiger partial charge >= 0.3 is 0 Å². The summed E-state index contributed by atoms with van der Waals surface area (Å²) in [7, 11) is 0. The number of fused-ring (bicyclic) bond motifs is 2. The molecule has 12 rings (SSSR count). The van der Waals surface area contributed by atoms with E-state index in [9.17, 15) is 14.7 Å². The van der Waals surface area contributed by atoms with Crippen molar-refractivity contribution >= 4 is 22.8 Å². The summed E-state index contributed by atoms with van der Waals surface area (Å²) in [5.41, 5.74) is 8.94. The molecule has 376 valence electrons. The maximum Gasteiger partial charge on any atom is 0.236 e. The number of aliphatic hydroxyl groups is 1. The number of hydrogen-bond acceptors (Lipinski definition) is 13. The van der Waals surface area contributed by atoms with Gasteiger partial charge < -0.3 is 14.9 Å². The zero-order chi connectivity index (χ0) is 49.5. The number of carbonyl (C=O) groups excluding carboxylic acids is 2. The molecule has 0 atom stereocenters. The highest BCUT2D eigenvalue weighted by Crippen LogP contribution is 2.32. The molecule has 0 aromatic carbocycles. The van der Waals surface area contributed by atoms with Gasteiger partial charge in [0.25, 0.3) is 0 Å². The molecule has 8 aromatic rings. The summed E-state index contributed by atoms with van der Waals surface area (Å²) in [6, 6.07) is 5.04. The lowest BCUT2D eigenvalue weighted by Crippen LogP contribution is -2.58. The van der Waals surface area contributed by atoms with Crippen LogP contribution in [0.2, 0.25) is 0 Å². The largest absolute Gasteiger partial charge is 0.390 e. The fourth-order valence-corrected chi connectivity index (χ4v) is 10.4. The van der Waals surface area contributed by atoms with Gasteiger partial charge in [-0.1, -0.05) is 27.7 Å². The molecule has 0 saturated carbocycles. The second-order valence-electron chi connectivity index (χ2n) is 19.8. The number of likely N-dealkylation sites (tertiary alicyclic amines) is 4. The molecule has 0 bridgehead atoms. The maximum absolute atomic E-state index is 12.6. The Morgan fingerprint density at radius 1 is 0.542 bits per heavy atom. The van der Waals surface area contributed by atoms with E-state index in [0.717, 1.165) is 94.8 Å². The second-order valence-corrected chi connectivity index (χ2v) is 19.8. The average molecular weight is 977 g/mol. The highest BCUT2D eigenvalue weighted by atomic mass is 16.3. The predicted molar refractivity (Wildman–Crippen MR) is 269 cm³/mol.